The van der Waals surface area contributed by atoms with Crippen LogP contribution in [0.4, 0.5) is 17.6 Å². The molecular weight excluding hydrogens is 567 g/mol. The van der Waals surface area contributed by atoms with Crippen LogP contribution in [0.1, 0.15) is 33.0 Å². The van der Waals surface area contributed by atoms with Gasteiger partial charge in [0.2, 0.25) is 0 Å². The molecule has 5 rings (SSSR count). The fourth-order valence-corrected chi connectivity index (χ4v) is 5.44. The summed E-state index contributed by atoms with van der Waals surface area (Å²) in [5.74, 6) is -1.64. The smallest absolute Gasteiger partial charge is 0.336 e. The SMILES string of the molecule is CN(Cc1ccc(C(F)(F)F)c(F)c1)C1CN(C(=O)c2ccc(-n3ccnc3)cc2)C[C@@H]1c1ccc(Cl)c(Cl)c1. The van der Waals surface area contributed by atoms with E-state index in [1.807, 2.05) is 33.9 Å². The van der Waals surface area contributed by atoms with E-state index in [9.17, 15) is 22.4 Å². The van der Waals surface area contributed by atoms with E-state index in [1.54, 1.807) is 48.7 Å². The Morgan fingerprint density at radius 1 is 1.02 bits per heavy atom. The first kappa shape index (κ1) is 28.1. The van der Waals surface area contributed by atoms with Crippen LogP contribution < -0.4 is 0 Å². The number of alkyl halides is 3. The number of likely N-dealkylation sites (tertiary alicyclic amines) is 1. The largest absolute Gasteiger partial charge is 0.419 e. The van der Waals surface area contributed by atoms with Gasteiger partial charge < -0.3 is 9.47 Å². The van der Waals surface area contributed by atoms with Gasteiger partial charge in [0, 0.05) is 55.2 Å². The zero-order valence-corrected chi connectivity index (χ0v) is 22.8. The molecule has 0 aliphatic carbocycles. The minimum absolute atomic E-state index is 0.154. The highest BCUT2D eigenvalue weighted by Crippen LogP contribution is 2.36. The zero-order chi connectivity index (χ0) is 28.6. The van der Waals surface area contributed by atoms with Crippen LogP contribution in [0.2, 0.25) is 10.0 Å². The molecule has 1 saturated heterocycles. The third-order valence-electron chi connectivity index (χ3n) is 7.20. The second-order valence-corrected chi connectivity index (χ2v) is 10.6. The fourth-order valence-electron chi connectivity index (χ4n) is 5.13. The van der Waals surface area contributed by atoms with Crippen molar-refractivity contribution in [2.75, 3.05) is 20.1 Å². The van der Waals surface area contributed by atoms with Gasteiger partial charge in [0.05, 0.1) is 21.9 Å². The Kier molecular flexibility index (Phi) is 7.90. The molecule has 2 atom stereocenters. The van der Waals surface area contributed by atoms with Gasteiger partial charge >= 0.3 is 6.18 Å². The Balaban J connectivity index is 1.39. The first-order chi connectivity index (χ1) is 19.0. The van der Waals surface area contributed by atoms with Crippen LogP contribution in [0, 0.1) is 5.82 Å². The quantitative estimate of drug-likeness (QED) is 0.225. The molecule has 11 heteroatoms. The van der Waals surface area contributed by atoms with Crippen molar-refractivity contribution in [3.8, 4) is 5.69 Å². The third kappa shape index (κ3) is 5.87. The molecule has 1 fully saturated rings. The zero-order valence-electron chi connectivity index (χ0n) is 21.2. The maximum absolute atomic E-state index is 14.2. The number of likely N-dealkylation sites (N-methyl/N-ethyl adjacent to an activating group) is 1. The summed E-state index contributed by atoms with van der Waals surface area (Å²) in [6.45, 7) is 0.919. The number of aromatic nitrogens is 2. The molecule has 4 aromatic rings. The van der Waals surface area contributed by atoms with Crippen LogP contribution in [-0.2, 0) is 12.7 Å². The van der Waals surface area contributed by atoms with Gasteiger partial charge in [-0.1, -0.05) is 35.3 Å². The van der Waals surface area contributed by atoms with Crippen molar-refractivity contribution in [2.24, 2.45) is 0 Å². The van der Waals surface area contributed by atoms with Crippen molar-refractivity contribution >= 4 is 29.1 Å². The second kappa shape index (κ2) is 11.2. The van der Waals surface area contributed by atoms with E-state index in [2.05, 4.69) is 4.98 Å². The van der Waals surface area contributed by atoms with E-state index in [1.165, 1.54) is 6.07 Å². The molecule has 1 aromatic heterocycles. The Morgan fingerprint density at radius 3 is 2.40 bits per heavy atom. The number of hydrogen-bond acceptors (Lipinski definition) is 3. The van der Waals surface area contributed by atoms with Crippen LogP contribution >= 0.6 is 23.2 Å². The lowest BCUT2D eigenvalue weighted by molar-refractivity contribution is -0.140. The molecular formula is C29H24Cl2F4N4O. The molecule has 0 bridgehead atoms. The highest BCUT2D eigenvalue weighted by Gasteiger charge is 2.39. The van der Waals surface area contributed by atoms with Crippen molar-refractivity contribution in [3.05, 3.63) is 118 Å². The number of imidazole rings is 1. The average Bonchev–Trinajstić information content (AvgIpc) is 3.60. The fraction of sp³-hybridized carbons (Fsp3) is 0.241. The number of carbonyl (C=O) groups is 1. The van der Waals surface area contributed by atoms with Crippen LogP contribution in [0.25, 0.3) is 5.69 Å². The van der Waals surface area contributed by atoms with Crippen molar-refractivity contribution in [1.29, 1.82) is 0 Å². The standard InChI is InChI=1S/C29H24Cl2F4N4O/c1-37(14-18-2-8-23(26(32)12-18)29(33,34)35)27-16-39(15-22(27)20-5-9-24(30)25(31)13-20)28(40)19-3-6-21(7-4-19)38-11-10-36-17-38/h2-13,17,22,27H,14-16H2,1H3/t22-,27?/m1/s1. The number of hydrogen-bond donors (Lipinski definition) is 0. The van der Waals surface area contributed by atoms with Crippen molar-refractivity contribution < 1.29 is 22.4 Å². The maximum atomic E-state index is 14.2. The normalized spacial score (nSPS) is 17.6. The summed E-state index contributed by atoms with van der Waals surface area (Å²) in [6, 6.07) is 15.2. The average molecular weight is 591 g/mol. The van der Waals surface area contributed by atoms with Gasteiger partial charge in [-0.05, 0) is 66.7 Å². The predicted molar refractivity (Wildman–Crippen MR) is 145 cm³/mol. The van der Waals surface area contributed by atoms with Crippen molar-refractivity contribution in [3.63, 3.8) is 0 Å². The lowest BCUT2D eigenvalue weighted by Crippen LogP contribution is -2.38. The molecule has 5 nitrogen and oxygen atoms in total. The first-order valence-corrected chi connectivity index (χ1v) is 13.2. The van der Waals surface area contributed by atoms with Gasteiger partial charge in [0.25, 0.3) is 5.91 Å². The second-order valence-electron chi connectivity index (χ2n) is 9.80. The minimum atomic E-state index is -4.77. The van der Waals surface area contributed by atoms with Crippen LogP contribution in [0.3, 0.4) is 0 Å². The number of rotatable bonds is 6. The molecule has 0 saturated carbocycles. The van der Waals surface area contributed by atoms with Gasteiger partial charge in [-0.25, -0.2) is 9.37 Å². The number of carbonyl (C=O) groups excluding carboxylic acids is 1. The number of halogens is 6. The molecule has 208 valence electrons. The van der Waals surface area contributed by atoms with Gasteiger partial charge in [-0.3, -0.25) is 9.69 Å². The minimum Gasteiger partial charge on any atom is -0.336 e. The van der Waals surface area contributed by atoms with Crippen molar-refractivity contribution in [1.82, 2.24) is 19.4 Å². The van der Waals surface area contributed by atoms with E-state index in [-0.39, 0.29) is 24.4 Å². The summed E-state index contributed by atoms with van der Waals surface area (Å²) in [5.41, 5.74) is 1.34. The molecule has 40 heavy (non-hydrogen) atoms. The summed E-state index contributed by atoms with van der Waals surface area (Å²) in [5, 5.41) is 0.782. The van der Waals surface area contributed by atoms with E-state index in [4.69, 9.17) is 23.2 Å². The highest BCUT2D eigenvalue weighted by molar-refractivity contribution is 6.42. The molecule has 3 aromatic carbocycles. The third-order valence-corrected chi connectivity index (χ3v) is 7.94. The summed E-state index contributed by atoms with van der Waals surface area (Å²) in [4.78, 5) is 21.2. The summed E-state index contributed by atoms with van der Waals surface area (Å²) in [6.07, 6.45) is 0.378. The van der Waals surface area contributed by atoms with Crippen LogP contribution in [0.15, 0.2) is 79.4 Å². The summed E-state index contributed by atoms with van der Waals surface area (Å²) < 4.78 is 55.2. The molecule has 1 unspecified atom stereocenters. The van der Waals surface area contributed by atoms with E-state index >= 15 is 0 Å². The molecule has 0 radical (unpaired) electrons. The highest BCUT2D eigenvalue weighted by atomic mass is 35.5. The number of nitrogens with zero attached hydrogens (tertiary/aromatic N) is 4. The van der Waals surface area contributed by atoms with E-state index in [0.717, 1.165) is 23.4 Å². The summed E-state index contributed by atoms with van der Waals surface area (Å²) >= 11 is 12.4. The van der Waals surface area contributed by atoms with Crippen LogP contribution in [-0.4, -0.2) is 51.4 Å². The lowest BCUT2D eigenvalue weighted by Gasteiger charge is -2.29. The van der Waals surface area contributed by atoms with Gasteiger partial charge in [-0.15, -0.1) is 0 Å². The van der Waals surface area contributed by atoms with Crippen molar-refractivity contribution in [2.45, 2.75) is 24.7 Å². The topological polar surface area (TPSA) is 41.4 Å². The number of benzene rings is 3. The number of amides is 1. The molecule has 1 aliphatic rings. The van der Waals surface area contributed by atoms with Gasteiger partial charge in [0.1, 0.15) is 5.82 Å². The summed E-state index contributed by atoms with van der Waals surface area (Å²) in [7, 11) is 1.80. The van der Waals surface area contributed by atoms with Gasteiger partial charge in [-0.2, -0.15) is 13.2 Å². The Labute approximate surface area is 238 Å². The molecule has 1 aliphatic heterocycles. The van der Waals surface area contributed by atoms with E-state index < -0.39 is 17.6 Å². The monoisotopic (exact) mass is 590 g/mol. The first-order valence-electron chi connectivity index (χ1n) is 12.4. The van der Waals surface area contributed by atoms with Gasteiger partial charge in [0.15, 0.2) is 0 Å². The lowest BCUT2D eigenvalue weighted by atomic mass is 9.93. The Hall–Kier alpha value is -3.40. The Bertz CT molecular complexity index is 1510. The maximum Gasteiger partial charge on any atom is 0.419 e. The molecule has 2 heterocycles. The van der Waals surface area contributed by atoms with E-state index in [0.29, 0.717) is 34.3 Å². The molecule has 0 N–H and O–H groups in total. The van der Waals surface area contributed by atoms with Crippen LogP contribution in [0.5, 0.6) is 0 Å². The molecule has 0 spiro atoms. The molecule has 1 amide bonds. The Morgan fingerprint density at radius 2 is 1.77 bits per heavy atom. The predicted octanol–water partition coefficient (Wildman–Crippen LogP) is 7.08.